The fraction of sp³-hybridized carbons (Fsp3) is 0.786. The van der Waals surface area contributed by atoms with Gasteiger partial charge < -0.3 is 10.7 Å². The minimum Gasteiger partial charge on any atom is -0.744 e. The zero-order valence-corrected chi connectivity index (χ0v) is 23.2. The Balaban J connectivity index is 0.0000102. The molecule has 1 aromatic carbocycles. The van der Waals surface area contributed by atoms with E-state index in [1.807, 2.05) is 6.07 Å². The topological polar surface area (TPSA) is 93.7 Å². The smallest absolute Gasteiger partial charge is 0.124 e. The Hall–Kier alpha value is -0.910. The second-order valence-corrected chi connectivity index (χ2v) is 12.0. The Morgan fingerprint density at radius 2 is 1.09 bits per heavy atom. The van der Waals surface area contributed by atoms with E-state index in [4.69, 9.17) is 0 Å². The van der Waals surface area contributed by atoms with E-state index in [1.54, 1.807) is 6.07 Å². The van der Waals surface area contributed by atoms with E-state index >= 15 is 0 Å². The zero-order valence-electron chi connectivity index (χ0n) is 22.4. The van der Waals surface area contributed by atoms with Crippen molar-refractivity contribution in [2.24, 2.45) is 0 Å². The number of hydrogen-bond acceptors (Lipinski definition) is 3. The predicted molar refractivity (Wildman–Crippen MR) is 142 cm³/mol. The normalized spacial score (nSPS) is 12.0. The standard InChI is InChI=1S/C28H50O3S.H3N/c1-5-6-7-8-9-10-11-12-13-14-15-16-17-18-19-20-21-25-24-26(32(29,30)31)22-23-27(25)28(2,3)4;/h22-24H,5-21H2,1-4H3,(H,29,30,31);1H3. The van der Waals surface area contributed by atoms with E-state index in [-0.39, 0.29) is 16.5 Å². The third-order valence-electron chi connectivity index (χ3n) is 6.47. The number of hydrogen-bond donors (Lipinski definition) is 1. The average molecular weight is 484 g/mol. The van der Waals surface area contributed by atoms with Gasteiger partial charge in [-0.15, -0.1) is 0 Å². The molecule has 0 unspecified atom stereocenters. The Morgan fingerprint density at radius 3 is 1.45 bits per heavy atom. The van der Waals surface area contributed by atoms with Crippen LogP contribution in [0.2, 0.25) is 0 Å². The molecular weight excluding hydrogens is 430 g/mol. The summed E-state index contributed by atoms with van der Waals surface area (Å²) in [6.07, 6.45) is 22.3. The molecule has 4 nitrogen and oxygen atoms in total. The van der Waals surface area contributed by atoms with Crippen molar-refractivity contribution in [3.8, 4) is 0 Å². The summed E-state index contributed by atoms with van der Waals surface area (Å²) in [6.45, 7) is 8.66. The maximum atomic E-state index is 11.4. The fourth-order valence-corrected chi connectivity index (χ4v) is 5.05. The molecule has 0 radical (unpaired) electrons. The summed E-state index contributed by atoms with van der Waals surface area (Å²) in [5.41, 5.74) is 2.10. The van der Waals surface area contributed by atoms with Gasteiger partial charge in [0.25, 0.3) is 0 Å². The lowest BCUT2D eigenvalue weighted by atomic mass is 9.82. The molecule has 4 N–H and O–H groups in total. The molecule has 0 aliphatic rings. The Bertz CT molecular complexity index is 723. The maximum absolute atomic E-state index is 11.4. The van der Waals surface area contributed by atoms with E-state index in [2.05, 4.69) is 27.7 Å². The van der Waals surface area contributed by atoms with Crippen LogP contribution in [0.5, 0.6) is 0 Å². The van der Waals surface area contributed by atoms with E-state index in [0.717, 1.165) is 30.4 Å². The summed E-state index contributed by atoms with van der Waals surface area (Å²) in [4.78, 5) is -0.100. The van der Waals surface area contributed by atoms with Crippen LogP contribution in [0.1, 0.15) is 142 Å². The molecule has 1 rings (SSSR count). The van der Waals surface area contributed by atoms with Gasteiger partial charge in [0.2, 0.25) is 0 Å². The van der Waals surface area contributed by atoms with Crippen molar-refractivity contribution in [3.05, 3.63) is 29.3 Å². The molecule has 0 aliphatic carbocycles. The SMILES string of the molecule is CCCCCCCCCCCCCCCCCCc1cc(S(=O)(=O)[O-])ccc1C(C)(C)C.[NH4+]. The summed E-state index contributed by atoms with van der Waals surface area (Å²) in [6, 6.07) is 4.89. The van der Waals surface area contributed by atoms with Crippen LogP contribution in [0.15, 0.2) is 23.1 Å². The van der Waals surface area contributed by atoms with E-state index in [9.17, 15) is 13.0 Å². The summed E-state index contributed by atoms with van der Waals surface area (Å²) >= 11 is 0. The highest BCUT2D eigenvalue weighted by molar-refractivity contribution is 7.85. The molecule has 0 bridgehead atoms. The summed E-state index contributed by atoms with van der Waals surface area (Å²) in [5.74, 6) is 0. The van der Waals surface area contributed by atoms with Crippen LogP contribution in [0, 0.1) is 0 Å². The van der Waals surface area contributed by atoms with E-state index in [1.165, 1.54) is 96.0 Å². The van der Waals surface area contributed by atoms with Crippen molar-refractivity contribution in [3.63, 3.8) is 0 Å². The fourth-order valence-electron chi connectivity index (χ4n) is 4.53. The average Bonchev–Trinajstić information content (AvgIpc) is 2.72. The first kappa shape index (κ1) is 32.1. The summed E-state index contributed by atoms with van der Waals surface area (Å²) < 4.78 is 34.2. The quantitative estimate of drug-likeness (QED) is 0.167. The molecular formula is C28H53NO3S. The molecule has 0 saturated carbocycles. The van der Waals surface area contributed by atoms with Crippen molar-refractivity contribution >= 4 is 10.1 Å². The van der Waals surface area contributed by atoms with Crippen LogP contribution >= 0.6 is 0 Å². The maximum Gasteiger partial charge on any atom is 0.124 e. The number of rotatable bonds is 18. The minimum absolute atomic E-state index is 0. The molecule has 33 heavy (non-hydrogen) atoms. The molecule has 1 aromatic rings. The molecule has 5 heteroatoms. The predicted octanol–water partition coefficient (Wildman–Crippen LogP) is 9.07. The van der Waals surface area contributed by atoms with Crippen molar-refractivity contribution in [1.29, 1.82) is 0 Å². The van der Waals surface area contributed by atoms with Gasteiger partial charge in [-0.3, -0.25) is 0 Å². The molecule has 0 spiro atoms. The largest absolute Gasteiger partial charge is 0.744 e. The molecule has 0 aliphatic heterocycles. The van der Waals surface area contributed by atoms with E-state index < -0.39 is 10.1 Å². The first-order valence-corrected chi connectivity index (χ1v) is 14.7. The Kier molecular flexibility index (Phi) is 17.0. The van der Waals surface area contributed by atoms with Gasteiger partial charge in [-0.25, -0.2) is 8.42 Å². The first-order chi connectivity index (χ1) is 15.2. The molecule has 0 atom stereocenters. The minimum atomic E-state index is -4.40. The van der Waals surface area contributed by atoms with Gasteiger partial charge >= 0.3 is 0 Å². The van der Waals surface area contributed by atoms with E-state index in [0.29, 0.717) is 0 Å². The number of benzene rings is 1. The highest BCUT2D eigenvalue weighted by Gasteiger charge is 2.19. The summed E-state index contributed by atoms with van der Waals surface area (Å²) in [5, 5.41) is 0. The van der Waals surface area contributed by atoms with Crippen LogP contribution in [-0.4, -0.2) is 13.0 Å². The second-order valence-electron chi connectivity index (χ2n) is 10.6. The van der Waals surface area contributed by atoms with Crippen molar-refractivity contribution in [2.75, 3.05) is 0 Å². The van der Waals surface area contributed by atoms with Crippen LogP contribution in [0.3, 0.4) is 0 Å². The van der Waals surface area contributed by atoms with Gasteiger partial charge in [-0.1, -0.05) is 130 Å². The lowest BCUT2D eigenvalue weighted by Crippen LogP contribution is -2.15. The van der Waals surface area contributed by atoms with Gasteiger partial charge in [0, 0.05) is 0 Å². The Morgan fingerprint density at radius 1 is 0.697 bits per heavy atom. The second kappa shape index (κ2) is 17.5. The van der Waals surface area contributed by atoms with Crippen LogP contribution in [-0.2, 0) is 22.0 Å². The lowest BCUT2D eigenvalue weighted by molar-refractivity contribution is 0.462. The number of aryl methyl sites for hydroxylation is 1. The van der Waals surface area contributed by atoms with Crippen molar-refractivity contribution in [2.45, 2.75) is 147 Å². The molecule has 0 fully saturated rings. The number of quaternary nitrogens is 1. The zero-order chi connectivity index (χ0) is 23.9. The third kappa shape index (κ3) is 14.9. The van der Waals surface area contributed by atoms with Gasteiger partial charge in [-0.05, 0) is 41.5 Å². The van der Waals surface area contributed by atoms with Gasteiger partial charge in [0.15, 0.2) is 0 Å². The van der Waals surface area contributed by atoms with Gasteiger partial charge in [-0.2, -0.15) is 0 Å². The van der Waals surface area contributed by atoms with Crippen LogP contribution < -0.4 is 6.15 Å². The first-order valence-electron chi connectivity index (χ1n) is 13.3. The van der Waals surface area contributed by atoms with Gasteiger partial charge in [0.05, 0.1) is 4.90 Å². The highest BCUT2D eigenvalue weighted by Crippen LogP contribution is 2.29. The molecule has 0 aromatic heterocycles. The highest BCUT2D eigenvalue weighted by atomic mass is 32.2. The molecule has 194 valence electrons. The molecule has 0 saturated heterocycles. The van der Waals surface area contributed by atoms with Crippen molar-refractivity contribution in [1.82, 2.24) is 6.15 Å². The monoisotopic (exact) mass is 483 g/mol. The van der Waals surface area contributed by atoms with Crippen LogP contribution in [0.4, 0.5) is 0 Å². The number of unbranched alkanes of at least 4 members (excludes halogenated alkanes) is 15. The Labute approximate surface area is 205 Å². The third-order valence-corrected chi connectivity index (χ3v) is 7.30. The van der Waals surface area contributed by atoms with Gasteiger partial charge in [0.1, 0.15) is 10.1 Å². The molecule has 0 amide bonds. The van der Waals surface area contributed by atoms with Crippen LogP contribution in [0.25, 0.3) is 0 Å². The lowest BCUT2D eigenvalue weighted by Gasteiger charge is -2.24. The molecule has 0 heterocycles. The summed E-state index contributed by atoms with van der Waals surface area (Å²) in [7, 11) is -4.40. The van der Waals surface area contributed by atoms with Crippen molar-refractivity contribution < 1.29 is 13.0 Å².